The molecule has 32 heavy (non-hydrogen) atoms. The van der Waals surface area contributed by atoms with Crippen LogP contribution in [0.5, 0.6) is 0 Å². The first kappa shape index (κ1) is 22.7. The summed E-state index contributed by atoms with van der Waals surface area (Å²) in [5.74, 6) is 1.40. The van der Waals surface area contributed by atoms with Gasteiger partial charge < -0.3 is 19.1 Å². The number of hydrogen-bond donors (Lipinski definition) is 0. The normalized spacial score (nSPS) is 18.1. The molecule has 0 radical (unpaired) electrons. The number of halogens is 1. The number of aromatic nitrogens is 2. The predicted octanol–water partition coefficient (Wildman–Crippen LogP) is 3.01. The van der Waals surface area contributed by atoms with Crippen molar-refractivity contribution in [2.45, 2.75) is 26.3 Å². The highest BCUT2D eigenvalue weighted by Gasteiger charge is 2.32. The molecule has 172 valence electrons. The molecule has 0 spiro atoms. The lowest BCUT2D eigenvalue weighted by Crippen LogP contribution is -2.53. The van der Waals surface area contributed by atoms with Gasteiger partial charge in [-0.3, -0.25) is 9.69 Å². The highest BCUT2D eigenvalue weighted by Crippen LogP contribution is 2.23. The van der Waals surface area contributed by atoms with E-state index in [9.17, 15) is 9.59 Å². The van der Waals surface area contributed by atoms with E-state index in [1.807, 2.05) is 29.2 Å². The molecule has 2 saturated heterocycles. The lowest BCUT2D eigenvalue weighted by atomic mass is 9.95. The zero-order valence-electron chi connectivity index (χ0n) is 18.2. The summed E-state index contributed by atoms with van der Waals surface area (Å²) < 4.78 is 11.5. The van der Waals surface area contributed by atoms with Crippen molar-refractivity contribution in [3.8, 4) is 11.4 Å². The van der Waals surface area contributed by atoms with Crippen molar-refractivity contribution in [2.24, 2.45) is 5.92 Å². The fraction of sp³-hybridized carbons (Fsp3) is 0.545. The van der Waals surface area contributed by atoms with Gasteiger partial charge in [-0.2, -0.15) is 4.98 Å². The first-order chi connectivity index (χ1) is 15.5. The maximum absolute atomic E-state index is 12.9. The standard InChI is InChI=1S/C22H28BrN5O4/c1-2-31-22(30)28-13-11-27(12-14-28)21(29)17-7-9-26(10-8-17)15-19-24-20(25-32-19)16-3-5-18(23)6-4-16/h3-6,17H,2,7-15H2,1H3. The maximum Gasteiger partial charge on any atom is 0.409 e. The molecular formula is C22H28BrN5O4. The molecule has 3 heterocycles. The molecule has 0 aliphatic carbocycles. The number of piperidine rings is 1. The molecular weight excluding hydrogens is 478 g/mol. The second-order valence-corrected chi connectivity index (χ2v) is 9.00. The van der Waals surface area contributed by atoms with Gasteiger partial charge >= 0.3 is 6.09 Å². The summed E-state index contributed by atoms with van der Waals surface area (Å²) >= 11 is 3.42. The third-order valence-electron chi connectivity index (χ3n) is 5.98. The van der Waals surface area contributed by atoms with Crippen molar-refractivity contribution in [3.05, 3.63) is 34.6 Å². The van der Waals surface area contributed by atoms with Gasteiger partial charge in [0.05, 0.1) is 13.2 Å². The van der Waals surface area contributed by atoms with Crippen LogP contribution >= 0.6 is 15.9 Å². The van der Waals surface area contributed by atoms with Gasteiger partial charge in [0.1, 0.15) is 0 Å². The highest BCUT2D eigenvalue weighted by atomic mass is 79.9. The lowest BCUT2D eigenvalue weighted by molar-refractivity contribution is -0.138. The van der Waals surface area contributed by atoms with Crippen LogP contribution in [0.2, 0.25) is 0 Å². The molecule has 1 aromatic carbocycles. The van der Waals surface area contributed by atoms with Gasteiger partial charge in [-0.15, -0.1) is 0 Å². The summed E-state index contributed by atoms with van der Waals surface area (Å²) in [6.45, 7) is 6.57. The molecule has 2 aliphatic heterocycles. The number of piperazine rings is 1. The second kappa shape index (κ2) is 10.4. The smallest absolute Gasteiger partial charge is 0.409 e. The van der Waals surface area contributed by atoms with Gasteiger partial charge in [-0.05, 0) is 57.1 Å². The number of likely N-dealkylation sites (tertiary alicyclic amines) is 1. The van der Waals surface area contributed by atoms with E-state index >= 15 is 0 Å². The van der Waals surface area contributed by atoms with Crippen molar-refractivity contribution < 1.29 is 18.8 Å². The van der Waals surface area contributed by atoms with Crippen LogP contribution in [0.25, 0.3) is 11.4 Å². The Morgan fingerprint density at radius 3 is 2.38 bits per heavy atom. The molecule has 0 saturated carbocycles. The van der Waals surface area contributed by atoms with Crippen LogP contribution in [0, 0.1) is 5.92 Å². The van der Waals surface area contributed by atoms with Gasteiger partial charge in [0.15, 0.2) is 0 Å². The molecule has 2 aromatic rings. The summed E-state index contributed by atoms with van der Waals surface area (Å²) in [4.78, 5) is 35.1. The van der Waals surface area contributed by atoms with E-state index in [1.165, 1.54) is 0 Å². The third kappa shape index (κ3) is 5.47. The highest BCUT2D eigenvalue weighted by molar-refractivity contribution is 9.10. The molecule has 10 heteroatoms. The van der Waals surface area contributed by atoms with E-state index in [4.69, 9.17) is 9.26 Å². The average molecular weight is 506 g/mol. The average Bonchev–Trinajstić information content (AvgIpc) is 3.28. The SMILES string of the molecule is CCOC(=O)N1CCN(C(=O)C2CCN(Cc3nc(-c4ccc(Br)cc4)no3)CC2)CC1. The van der Waals surface area contributed by atoms with E-state index in [0.717, 1.165) is 36.0 Å². The van der Waals surface area contributed by atoms with Crippen LogP contribution in [-0.4, -0.2) is 82.7 Å². The number of nitrogens with zero attached hydrogens (tertiary/aromatic N) is 5. The maximum atomic E-state index is 12.9. The van der Waals surface area contributed by atoms with E-state index in [0.29, 0.717) is 51.0 Å². The number of rotatable bonds is 5. The summed E-state index contributed by atoms with van der Waals surface area (Å²) in [5, 5.41) is 4.09. The Hall–Kier alpha value is -2.46. The van der Waals surface area contributed by atoms with Crippen LogP contribution in [-0.2, 0) is 16.1 Å². The summed E-state index contributed by atoms with van der Waals surface area (Å²) in [5.41, 5.74) is 0.913. The number of carbonyl (C=O) groups excluding carboxylic acids is 2. The summed E-state index contributed by atoms with van der Waals surface area (Å²) in [6.07, 6.45) is 1.33. The zero-order valence-corrected chi connectivity index (χ0v) is 19.8. The molecule has 9 nitrogen and oxygen atoms in total. The minimum absolute atomic E-state index is 0.0291. The fourth-order valence-electron chi connectivity index (χ4n) is 4.15. The monoisotopic (exact) mass is 505 g/mol. The lowest BCUT2D eigenvalue weighted by Gasteiger charge is -2.38. The second-order valence-electron chi connectivity index (χ2n) is 8.08. The number of hydrogen-bond acceptors (Lipinski definition) is 7. The Morgan fingerprint density at radius 2 is 1.72 bits per heavy atom. The van der Waals surface area contributed by atoms with Crippen LogP contribution in [0.1, 0.15) is 25.7 Å². The van der Waals surface area contributed by atoms with Crippen molar-refractivity contribution in [1.82, 2.24) is 24.8 Å². The number of amides is 2. The van der Waals surface area contributed by atoms with Crippen LogP contribution < -0.4 is 0 Å². The topological polar surface area (TPSA) is 92.0 Å². The summed E-state index contributed by atoms with van der Waals surface area (Å²) in [6, 6.07) is 7.79. The van der Waals surface area contributed by atoms with E-state index in [2.05, 4.69) is 31.0 Å². The number of ether oxygens (including phenoxy) is 1. The van der Waals surface area contributed by atoms with Crippen molar-refractivity contribution in [2.75, 3.05) is 45.9 Å². The van der Waals surface area contributed by atoms with Crippen LogP contribution in [0.3, 0.4) is 0 Å². The number of carbonyl (C=O) groups is 2. The number of benzene rings is 1. The minimum atomic E-state index is -0.294. The predicted molar refractivity (Wildman–Crippen MR) is 121 cm³/mol. The van der Waals surface area contributed by atoms with Gasteiger partial charge in [-0.25, -0.2) is 4.79 Å². The fourth-order valence-corrected chi connectivity index (χ4v) is 4.41. The van der Waals surface area contributed by atoms with Crippen molar-refractivity contribution in [1.29, 1.82) is 0 Å². The van der Waals surface area contributed by atoms with E-state index in [-0.39, 0.29) is 17.9 Å². The first-order valence-electron chi connectivity index (χ1n) is 11.0. The van der Waals surface area contributed by atoms with Gasteiger partial charge in [0, 0.05) is 42.1 Å². The molecule has 0 atom stereocenters. The van der Waals surface area contributed by atoms with Crippen molar-refractivity contribution in [3.63, 3.8) is 0 Å². The largest absolute Gasteiger partial charge is 0.450 e. The zero-order chi connectivity index (χ0) is 22.5. The third-order valence-corrected chi connectivity index (χ3v) is 6.51. The summed E-state index contributed by atoms with van der Waals surface area (Å²) in [7, 11) is 0. The molecule has 2 fully saturated rings. The Balaban J connectivity index is 1.23. The first-order valence-corrected chi connectivity index (χ1v) is 11.8. The van der Waals surface area contributed by atoms with E-state index < -0.39 is 0 Å². The Morgan fingerprint density at radius 1 is 1.06 bits per heavy atom. The molecule has 0 N–H and O–H groups in total. The Labute approximate surface area is 195 Å². The van der Waals surface area contributed by atoms with Gasteiger partial charge in [-0.1, -0.05) is 21.1 Å². The van der Waals surface area contributed by atoms with Crippen molar-refractivity contribution >= 4 is 27.9 Å². The molecule has 4 rings (SSSR count). The quantitative estimate of drug-likeness (QED) is 0.616. The Kier molecular flexibility index (Phi) is 7.41. The Bertz CT molecular complexity index is 919. The molecule has 2 amide bonds. The van der Waals surface area contributed by atoms with E-state index in [1.54, 1.807) is 11.8 Å². The minimum Gasteiger partial charge on any atom is -0.450 e. The molecule has 2 aliphatic rings. The van der Waals surface area contributed by atoms with Crippen LogP contribution in [0.4, 0.5) is 4.79 Å². The van der Waals surface area contributed by atoms with Gasteiger partial charge in [0.25, 0.3) is 0 Å². The molecule has 0 unspecified atom stereocenters. The molecule has 0 bridgehead atoms. The molecule has 1 aromatic heterocycles. The van der Waals surface area contributed by atoms with Crippen LogP contribution in [0.15, 0.2) is 33.3 Å². The van der Waals surface area contributed by atoms with Gasteiger partial charge in [0.2, 0.25) is 17.6 Å².